The van der Waals surface area contributed by atoms with Gasteiger partial charge in [-0.3, -0.25) is 10.1 Å². The van der Waals surface area contributed by atoms with Crippen LogP contribution in [-0.4, -0.2) is 54.1 Å². The highest BCUT2D eigenvalue weighted by Gasteiger charge is 2.44. The summed E-state index contributed by atoms with van der Waals surface area (Å²) in [6.07, 6.45) is 2.81. The molecule has 17 heavy (non-hydrogen) atoms. The number of amides is 1. The molecule has 96 valence electrons. The standard InChI is InChI=1S/C13H23N3O/c1-9(2)13-14-7-12(17)16(13)11-8-15-5-3-10(11)4-6-15/h9-11,13-14H,3-8H2,1-2H3. The molecular weight excluding hydrogens is 214 g/mol. The molecule has 0 aromatic heterocycles. The molecule has 4 saturated heterocycles. The molecule has 4 heterocycles. The van der Waals surface area contributed by atoms with Gasteiger partial charge in [-0.2, -0.15) is 0 Å². The summed E-state index contributed by atoms with van der Waals surface area (Å²) in [5, 5.41) is 3.37. The van der Waals surface area contributed by atoms with Gasteiger partial charge in [0.2, 0.25) is 5.91 Å². The van der Waals surface area contributed by atoms with E-state index in [1.165, 1.54) is 25.9 Å². The monoisotopic (exact) mass is 237 g/mol. The van der Waals surface area contributed by atoms with E-state index in [9.17, 15) is 4.79 Å². The second-order valence-corrected chi connectivity index (χ2v) is 6.08. The fourth-order valence-corrected chi connectivity index (χ4v) is 3.73. The third-order valence-corrected chi connectivity index (χ3v) is 4.66. The van der Waals surface area contributed by atoms with Crippen molar-refractivity contribution in [3.05, 3.63) is 0 Å². The van der Waals surface area contributed by atoms with Crippen molar-refractivity contribution in [2.24, 2.45) is 11.8 Å². The minimum Gasteiger partial charge on any atom is -0.321 e. The summed E-state index contributed by atoms with van der Waals surface area (Å²) < 4.78 is 0. The highest BCUT2D eigenvalue weighted by molar-refractivity contribution is 5.81. The Morgan fingerprint density at radius 1 is 1.29 bits per heavy atom. The molecule has 0 radical (unpaired) electrons. The Morgan fingerprint density at radius 3 is 2.53 bits per heavy atom. The van der Waals surface area contributed by atoms with Crippen LogP contribution in [0.2, 0.25) is 0 Å². The van der Waals surface area contributed by atoms with E-state index in [4.69, 9.17) is 0 Å². The van der Waals surface area contributed by atoms with Gasteiger partial charge in [0.1, 0.15) is 0 Å². The Hall–Kier alpha value is -0.610. The van der Waals surface area contributed by atoms with Gasteiger partial charge < -0.3 is 9.80 Å². The average molecular weight is 237 g/mol. The number of nitrogens with one attached hydrogen (secondary N) is 1. The predicted molar refractivity (Wildman–Crippen MR) is 66.4 cm³/mol. The molecule has 1 N–H and O–H groups in total. The maximum Gasteiger partial charge on any atom is 0.238 e. The summed E-state index contributed by atoms with van der Waals surface area (Å²) in [5.74, 6) is 1.55. The number of piperidine rings is 3. The van der Waals surface area contributed by atoms with Gasteiger partial charge >= 0.3 is 0 Å². The second-order valence-electron chi connectivity index (χ2n) is 6.08. The van der Waals surface area contributed by atoms with Crippen LogP contribution in [0.3, 0.4) is 0 Å². The van der Waals surface area contributed by atoms with Crippen molar-refractivity contribution in [3.8, 4) is 0 Å². The van der Waals surface area contributed by atoms with E-state index in [0.29, 0.717) is 24.4 Å². The van der Waals surface area contributed by atoms with Crippen molar-refractivity contribution >= 4 is 5.91 Å². The summed E-state index contributed by atoms with van der Waals surface area (Å²) >= 11 is 0. The van der Waals surface area contributed by atoms with Crippen molar-refractivity contribution in [1.82, 2.24) is 15.1 Å². The van der Waals surface area contributed by atoms with Crippen LogP contribution in [0.1, 0.15) is 26.7 Å². The van der Waals surface area contributed by atoms with Crippen molar-refractivity contribution in [2.75, 3.05) is 26.2 Å². The quantitative estimate of drug-likeness (QED) is 0.759. The van der Waals surface area contributed by atoms with Crippen molar-refractivity contribution in [1.29, 1.82) is 0 Å². The first-order chi connectivity index (χ1) is 8.16. The van der Waals surface area contributed by atoms with Crippen LogP contribution in [0.4, 0.5) is 0 Å². The van der Waals surface area contributed by atoms with Crippen molar-refractivity contribution < 1.29 is 4.79 Å². The zero-order valence-electron chi connectivity index (χ0n) is 10.9. The lowest BCUT2D eigenvalue weighted by Crippen LogP contribution is -2.60. The van der Waals surface area contributed by atoms with Crippen LogP contribution in [0.15, 0.2) is 0 Å². The fraction of sp³-hybridized carbons (Fsp3) is 0.923. The molecule has 0 aromatic rings. The van der Waals surface area contributed by atoms with Crippen LogP contribution in [0.25, 0.3) is 0 Å². The number of carbonyl (C=O) groups excluding carboxylic acids is 1. The first kappa shape index (κ1) is 11.5. The molecule has 0 aliphatic carbocycles. The maximum atomic E-state index is 12.1. The fourth-order valence-electron chi connectivity index (χ4n) is 3.73. The maximum absolute atomic E-state index is 12.1. The first-order valence-electron chi connectivity index (χ1n) is 6.93. The Kier molecular flexibility index (Phi) is 2.87. The Labute approximate surface area is 103 Å². The molecule has 4 aliphatic rings. The summed E-state index contributed by atoms with van der Waals surface area (Å²) in [5.41, 5.74) is 0. The molecule has 4 aliphatic heterocycles. The van der Waals surface area contributed by atoms with E-state index in [0.717, 1.165) is 12.5 Å². The van der Waals surface area contributed by atoms with E-state index in [-0.39, 0.29) is 6.17 Å². The number of rotatable bonds is 2. The largest absolute Gasteiger partial charge is 0.321 e. The van der Waals surface area contributed by atoms with Crippen LogP contribution in [0.5, 0.6) is 0 Å². The van der Waals surface area contributed by atoms with Crippen LogP contribution in [-0.2, 0) is 4.79 Å². The molecule has 4 nitrogen and oxygen atoms in total. The van der Waals surface area contributed by atoms with Crippen LogP contribution >= 0.6 is 0 Å². The zero-order valence-corrected chi connectivity index (χ0v) is 10.9. The van der Waals surface area contributed by atoms with Gasteiger partial charge in [0.25, 0.3) is 0 Å². The SMILES string of the molecule is CC(C)C1NCC(=O)N1C1CN2CCC1CC2. The van der Waals surface area contributed by atoms with Crippen LogP contribution < -0.4 is 5.32 Å². The van der Waals surface area contributed by atoms with Crippen LogP contribution in [0, 0.1) is 11.8 Å². The molecule has 0 spiro atoms. The molecule has 4 rings (SSSR count). The zero-order chi connectivity index (χ0) is 12.0. The van der Waals surface area contributed by atoms with E-state index in [1.807, 2.05) is 0 Å². The van der Waals surface area contributed by atoms with Gasteiger partial charge in [0.15, 0.2) is 0 Å². The minimum atomic E-state index is 0.257. The topological polar surface area (TPSA) is 35.6 Å². The van der Waals surface area contributed by atoms with Crippen molar-refractivity contribution in [2.45, 2.75) is 38.9 Å². The molecule has 1 amide bonds. The van der Waals surface area contributed by atoms with Gasteiger partial charge in [-0.05, 0) is 37.8 Å². The van der Waals surface area contributed by atoms with Gasteiger partial charge in [-0.15, -0.1) is 0 Å². The Balaban J connectivity index is 1.80. The summed E-state index contributed by atoms with van der Waals surface area (Å²) in [6, 6.07) is 0.465. The summed E-state index contributed by atoms with van der Waals surface area (Å²) in [6.45, 7) is 8.51. The number of carbonyl (C=O) groups is 1. The number of nitrogens with zero attached hydrogens (tertiary/aromatic N) is 2. The lowest BCUT2D eigenvalue weighted by atomic mass is 9.82. The Morgan fingerprint density at radius 2 is 2.00 bits per heavy atom. The van der Waals surface area contributed by atoms with Crippen molar-refractivity contribution in [3.63, 3.8) is 0 Å². The molecule has 2 unspecified atom stereocenters. The van der Waals surface area contributed by atoms with E-state index in [2.05, 4.69) is 29.0 Å². The van der Waals surface area contributed by atoms with Gasteiger partial charge in [0, 0.05) is 12.6 Å². The molecule has 0 aromatic carbocycles. The number of hydrogen-bond acceptors (Lipinski definition) is 3. The van der Waals surface area contributed by atoms with Gasteiger partial charge in [0.05, 0.1) is 12.7 Å². The van der Waals surface area contributed by atoms with E-state index in [1.54, 1.807) is 0 Å². The average Bonchev–Trinajstić information content (AvgIpc) is 2.72. The van der Waals surface area contributed by atoms with Gasteiger partial charge in [-0.1, -0.05) is 13.8 Å². The smallest absolute Gasteiger partial charge is 0.238 e. The molecular formula is C13H23N3O. The van der Waals surface area contributed by atoms with E-state index >= 15 is 0 Å². The highest BCUT2D eigenvalue weighted by Crippen LogP contribution is 2.33. The number of hydrogen-bond donors (Lipinski definition) is 1. The second kappa shape index (κ2) is 4.25. The highest BCUT2D eigenvalue weighted by atomic mass is 16.2. The Bertz CT molecular complexity index is 310. The third kappa shape index (κ3) is 1.87. The molecule has 0 saturated carbocycles. The summed E-state index contributed by atoms with van der Waals surface area (Å²) in [4.78, 5) is 16.8. The number of fused-ring (bicyclic) bond motifs is 3. The molecule has 2 bridgehead atoms. The summed E-state index contributed by atoms with van der Waals surface area (Å²) in [7, 11) is 0. The molecule has 4 fully saturated rings. The minimum absolute atomic E-state index is 0.257. The predicted octanol–water partition coefficient (Wildman–Crippen LogP) is 0.494. The lowest BCUT2D eigenvalue weighted by Gasteiger charge is -2.49. The van der Waals surface area contributed by atoms with Gasteiger partial charge in [-0.25, -0.2) is 0 Å². The molecule has 2 atom stereocenters. The normalized spacial score (nSPS) is 41.6. The molecule has 4 heteroatoms. The first-order valence-corrected chi connectivity index (χ1v) is 6.93. The third-order valence-electron chi connectivity index (χ3n) is 4.66. The van der Waals surface area contributed by atoms with E-state index < -0.39 is 0 Å². The lowest BCUT2D eigenvalue weighted by molar-refractivity contribution is -0.135.